The summed E-state index contributed by atoms with van der Waals surface area (Å²) in [5.74, 6) is -6.45. The lowest BCUT2D eigenvalue weighted by Crippen LogP contribution is -2.19. The number of nitrogens with zero attached hydrogens (tertiary/aromatic N) is 4. The molecule has 0 spiro atoms. The van der Waals surface area contributed by atoms with E-state index in [0.717, 1.165) is 22.9 Å². The monoisotopic (exact) mass is 561 g/mol. The first-order valence-corrected chi connectivity index (χ1v) is 11.8. The first-order chi connectivity index (χ1) is 18.8. The molecule has 0 saturated heterocycles. The number of rotatable bonds is 9. The largest absolute Gasteiger partial charge is 0.453 e. The molecule has 4 aromatic rings. The number of hydrogen-bond donors (Lipinski definition) is 1. The number of nitrogens with two attached hydrogens (primary N) is 1. The van der Waals surface area contributed by atoms with E-state index in [-0.39, 0.29) is 35.5 Å². The molecule has 0 aliphatic rings. The summed E-state index contributed by atoms with van der Waals surface area (Å²) in [4.78, 5) is 32.5. The van der Waals surface area contributed by atoms with Gasteiger partial charge in [0.2, 0.25) is 0 Å². The fraction of sp³-hybridized carbons (Fsp3) is 0.222. The maximum atomic E-state index is 14.1. The highest BCUT2D eigenvalue weighted by molar-refractivity contribution is 5.94. The molecule has 0 unspecified atom stereocenters. The van der Waals surface area contributed by atoms with Gasteiger partial charge in [-0.15, -0.1) is 5.10 Å². The van der Waals surface area contributed by atoms with Crippen LogP contribution >= 0.6 is 0 Å². The molecule has 0 saturated carbocycles. The number of pyridine rings is 1. The average molecular weight is 561 g/mol. The number of carbonyl (C=O) groups excluding carboxylic acids is 2. The van der Waals surface area contributed by atoms with Crippen LogP contribution in [-0.2, 0) is 23.9 Å². The average Bonchev–Trinajstić information content (AvgIpc) is 3.23. The zero-order chi connectivity index (χ0) is 29.2. The van der Waals surface area contributed by atoms with E-state index in [1.807, 2.05) is 0 Å². The van der Waals surface area contributed by atoms with E-state index in [0.29, 0.717) is 17.2 Å². The number of aromatic nitrogens is 4. The smallest absolute Gasteiger partial charge is 0.366 e. The van der Waals surface area contributed by atoms with Crippen molar-refractivity contribution < 1.29 is 35.9 Å². The molecule has 0 bridgehead atoms. The number of amides is 1. The molecule has 1 amide bonds. The topological polar surface area (TPSA) is 104 Å². The minimum atomic E-state index is -4.80. The van der Waals surface area contributed by atoms with Crippen molar-refractivity contribution in [1.29, 1.82) is 0 Å². The Bertz CT molecular complexity index is 1560. The van der Waals surface area contributed by atoms with E-state index in [1.165, 1.54) is 25.3 Å². The number of primary amides is 1. The van der Waals surface area contributed by atoms with Crippen molar-refractivity contribution in [3.63, 3.8) is 0 Å². The quantitative estimate of drug-likeness (QED) is 0.284. The van der Waals surface area contributed by atoms with E-state index in [9.17, 15) is 35.9 Å². The Hall–Kier alpha value is -4.55. The third kappa shape index (κ3) is 6.53. The second kappa shape index (κ2) is 11.3. The van der Waals surface area contributed by atoms with Gasteiger partial charge in [-0.2, -0.15) is 13.2 Å². The molecule has 13 heteroatoms. The molecule has 0 aliphatic heterocycles. The highest BCUT2D eigenvalue weighted by Gasteiger charge is 2.37. The van der Waals surface area contributed by atoms with Crippen LogP contribution in [0, 0.1) is 24.4 Å². The van der Waals surface area contributed by atoms with Gasteiger partial charge in [-0.05, 0) is 54.8 Å². The molecule has 4 rings (SSSR count). The molecule has 0 aliphatic carbocycles. The number of Topliss-reactive ketones (excluding diaryl/α,β-unsaturated/α-hetero) is 1. The third-order valence-electron chi connectivity index (χ3n) is 6.08. The fourth-order valence-electron chi connectivity index (χ4n) is 4.34. The third-order valence-corrected chi connectivity index (χ3v) is 6.08. The minimum Gasteiger partial charge on any atom is -0.366 e. The molecule has 0 radical (unpaired) electrons. The van der Waals surface area contributed by atoms with Gasteiger partial charge in [-0.1, -0.05) is 12.1 Å². The zero-order valence-electron chi connectivity index (χ0n) is 20.8. The summed E-state index contributed by atoms with van der Waals surface area (Å²) in [5.41, 5.74) is 6.08. The standard InChI is InChI=1S/C27H21F6N5O2/c1-14-36-26(27(31,32)33)37-38(14)13-20(39)10-17(7-15-8-18(28)12-19(29)9-15)24-21(3-2-6-35-24)16-4-5-23(30)22(11-16)25(34)40/h2-6,8-9,11-12,17H,7,10,13H2,1H3,(H2,34,40)/t17-/m1/s1. The second-order valence-electron chi connectivity index (χ2n) is 9.05. The molecule has 2 N–H and O–H groups in total. The van der Waals surface area contributed by atoms with Gasteiger partial charge in [0, 0.05) is 30.2 Å². The fourth-order valence-corrected chi connectivity index (χ4v) is 4.34. The van der Waals surface area contributed by atoms with Crippen molar-refractivity contribution in [2.45, 2.75) is 38.4 Å². The van der Waals surface area contributed by atoms with Crippen molar-refractivity contribution in [2.24, 2.45) is 5.73 Å². The van der Waals surface area contributed by atoms with Gasteiger partial charge in [-0.25, -0.2) is 22.8 Å². The van der Waals surface area contributed by atoms with Crippen LogP contribution in [0.1, 0.15) is 45.6 Å². The summed E-state index contributed by atoms with van der Waals surface area (Å²) >= 11 is 0. The number of hydrogen-bond acceptors (Lipinski definition) is 5. The van der Waals surface area contributed by atoms with Gasteiger partial charge in [0.25, 0.3) is 11.7 Å². The Balaban J connectivity index is 1.73. The second-order valence-corrected chi connectivity index (χ2v) is 9.05. The van der Waals surface area contributed by atoms with E-state index in [4.69, 9.17) is 5.73 Å². The molecule has 0 fully saturated rings. The van der Waals surface area contributed by atoms with E-state index in [2.05, 4.69) is 15.1 Å². The van der Waals surface area contributed by atoms with Crippen molar-refractivity contribution in [1.82, 2.24) is 19.7 Å². The molecular formula is C27H21F6N5O2. The van der Waals surface area contributed by atoms with Crippen LogP contribution < -0.4 is 5.73 Å². The van der Waals surface area contributed by atoms with E-state index < -0.39 is 53.6 Å². The first-order valence-electron chi connectivity index (χ1n) is 11.8. The van der Waals surface area contributed by atoms with Gasteiger partial charge >= 0.3 is 6.18 Å². The Morgan fingerprint density at radius 2 is 1.73 bits per heavy atom. The molecule has 40 heavy (non-hydrogen) atoms. The van der Waals surface area contributed by atoms with Crippen molar-refractivity contribution >= 4 is 11.7 Å². The summed E-state index contributed by atoms with van der Waals surface area (Å²) in [5, 5.41) is 3.37. The Morgan fingerprint density at radius 3 is 2.35 bits per heavy atom. The van der Waals surface area contributed by atoms with Crippen LogP contribution in [0.3, 0.4) is 0 Å². The Kier molecular flexibility index (Phi) is 8.03. The number of carbonyl (C=O) groups is 2. The predicted octanol–water partition coefficient (Wildman–Crippen LogP) is 5.17. The number of halogens is 6. The van der Waals surface area contributed by atoms with Crippen LogP contribution in [0.25, 0.3) is 11.1 Å². The molecular weight excluding hydrogens is 540 g/mol. The highest BCUT2D eigenvalue weighted by atomic mass is 19.4. The van der Waals surface area contributed by atoms with Crippen LogP contribution in [0.2, 0.25) is 0 Å². The summed E-state index contributed by atoms with van der Waals surface area (Å²) in [6.45, 7) is 0.720. The molecule has 2 heterocycles. The van der Waals surface area contributed by atoms with E-state index >= 15 is 0 Å². The van der Waals surface area contributed by atoms with Gasteiger partial charge in [0.1, 0.15) is 29.8 Å². The number of benzene rings is 2. The van der Waals surface area contributed by atoms with Crippen LogP contribution in [0.5, 0.6) is 0 Å². The lowest BCUT2D eigenvalue weighted by atomic mass is 9.86. The summed E-state index contributed by atoms with van der Waals surface area (Å²) in [6, 6.07) is 9.65. The van der Waals surface area contributed by atoms with Gasteiger partial charge < -0.3 is 5.73 Å². The molecule has 2 aromatic carbocycles. The van der Waals surface area contributed by atoms with Crippen LogP contribution in [0.4, 0.5) is 26.3 Å². The summed E-state index contributed by atoms with van der Waals surface area (Å²) in [6.07, 6.45) is -3.78. The highest BCUT2D eigenvalue weighted by Crippen LogP contribution is 2.34. The predicted molar refractivity (Wildman–Crippen MR) is 130 cm³/mol. The zero-order valence-corrected chi connectivity index (χ0v) is 20.8. The van der Waals surface area contributed by atoms with Crippen molar-refractivity contribution in [3.05, 3.63) is 101 Å². The molecule has 2 aromatic heterocycles. The maximum Gasteiger partial charge on any atom is 0.453 e. The van der Waals surface area contributed by atoms with Gasteiger partial charge in [0.05, 0.1) is 11.3 Å². The minimum absolute atomic E-state index is 0.0849. The first kappa shape index (κ1) is 28.5. The molecule has 208 valence electrons. The van der Waals surface area contributed by atoms with Crippen LogP contribution in [0.15, 0.2) is 54.7 Å². The number of aryl methyl sites for hydroxylation is 1. The number of alkyl halides is 3. The summed E-state index contributed by atoms with van der Waals surface area (Å²) < 4.78 is 81.9. The lowest BCUT2D eigenvalue weighted by molar-refractivity contribution is -0.145. The lowest BCUT2D eigenvalue weighted by Gasteiger charge is -2.20. The van der Waals surface area contributed by atoms with Crippen molar-refractivity contribution in [2.75, 3.05) is 0 Å². The normalized spacial score (nSPS) is 12.4. The summed E-state index contributed by atoms with van der Waals surface area (Å²) in [7, 11) is 0. The van der Waals surface area contributed by atoms with Crippen molar-refractivity contribution in [3.8, 4) is 11.1 Å². The molecule has 7 nitrogen and oxygen atoms in total. The SMILES string of the molecule is Cc1nc(C(F)(F)F)nn1CC(=O)C[C@@H](Cc1cc(F)cc(F)c1)c1ncccc1-c1ccc(F)c(C(N)=O)c1. The maximum absolute atomic E-state index is 14.1. The molecule has 1 atom stereocenters. The van der Waals surface area contributed by atoms with Crippen LogP contribution in [-0.4, -0.2) is 31.4 Å². The van der Waals surface area contributed by atoms with E-state index in [1.54, 1.807) is 12.1 Å². The Labute approximate surface area is 223 Å². The van der Waals surface area contributed by atoms with Gasteiger partial charge in [-0.3, -0.25) is 14.6 Å². The Morgan fingerprint density at radius 1 is 1.02 bits per heavy atom. The van der Waals surface area contributed by atoms with Gasteiger partial charge in [0.15, 0.2) is 5.78 Å². The number of ketones is 1.